The third-order valence-electron chi connectivity index (χ3n) is 4.02. The molecule has 2 N–H and O–H groups in total. The van der Waals surface area contributed by atoms with Crippen LogP contribution in [0.3, 0.4) is 0 Å². The molecule has 2 aromatic carbocycles. The van der Waals surface area contributed by atoms with E-state index in [1.54, 1.807) is 0 Å². The van der Waals surface area contributed by atoms with Crippen LogP contribution in [0.2, 0.25) is 0 Å². The summed E-state index contributed by atoms with van der Waals surface area (Å²) in [5.41, 5.74) is 3.49. The van der Waals surface area contributed by atoms with Gasteiger partial charge in [-0.05, 0) is 24.6 Å². The average molecular weight is 327 g/mol. The highest BCUT2D eigenvalue weighted by molar-refractivity contribution is 5.76. The minimum absolute atomic E-state index is 0.0391. The Bertz CT molecular complexity index is 713. The van der Waals surface area contributed by atoms with Crippen molar-refractivity contribution in [2.75, 3.05) is 20.4 Å². The van der Waals surface area contributed by atoms with Crippen LogP contribution < -0.4 is 19.7 Å². The number of rotatable bonds is 6. The van der Waals surface area contributed by atoms with Crippen LogP contribution in [0.5, 0.6) is 11.5 Å². The van der Waals surface area contributed by atoms with Crippen molar-refractivity contribution in [2.24, 2.45) is 0 Å². The summed E-state index contributed by atoms with van der Waals surface area (Å²) >= 11 is 0. The number of hydrogen-bond donors (Lipinski definition) is 2. The summed E-state index contributed by atoms with van der Waals surface area (Å²) in [6.07, 6.45) is 0. The van der Waals surface area contributed by atoms with Gasteiger partial charge in [-0.3, -0.25) is 4.79 Å². The molecule has 5 nitrogen and oxygen atoms in total. The number of quaternary nitrogens is 1. The van der Waals surface area contributed by atoms with Crippen molar-refractivity contribution in [1.29, 1.82) is 0 Å². The van der Waals surface area contributed by atoms with Crippen LogP contribution in [-0.4, -0.2) is 26.3 Å². The Morgan fingerprint density at radius 2 is 1.79 bits per heavy atom. The van der Waals surface area contributed by atoms with Gasteiger partial charge in [-0.1, -0.05) is 35.9 Å². The molecule has 1 atom stereocenters. The molecule has 1 aliphatic rings. The predicted octanol–water partition coefficient (Wildman–Crippen LogP) is 1.05. The standard InChI is InChI=1S/C19H22N2O3/c1-14-3-5-15(6-4-14)11-21(2)12-19(22)20-10-16-7-8-17-18(9-16)24-13-23-17/h3-9H,10-13H2,1-2H3,(H,20,22)/p+1. The molecule has 24 heavy (non-hydrogen) atoms. The largest absolute Gasteiger partial charge is 0.454 e. The maximum Gasteiger partial charge on any atom is 0.275 e. The summed E-state index contributed by atoms with van der Waals surface area (Å²) in [7, 11) is 2.03. The van der Waals surface area contributed by atoms with Crippen LogP contribution in [0.15, 0.2) is 42.5 Å². The summed E-state index contributed by atoms with van der Waals surface area (Å²) in [5.74, 6) is 1.54. The molecule has 0 saturated heterocycles. The zero-order valence-electron chi connectivity index (χ0n) is 14.1. The monoisotopic (exact) mass is 327 g/mol. The van der Waals surface area contributed by atoms with E-state index >= 15 is 0 Å². The van der Waals surface area contributed by atoms with Gasteiger partial charge in [0.05, 0.1) is 7.05 Å². The SMILES string of the molecule is Cc1ccc(C[NH+](C)CC(=O)NCc2ccc3c(c2)OCO3)cc1. The molecule has 5 heteroatoms. The Morgan fingerprint density at radius 3 is 2.58 bits per heavy atom. The Morgan fingerprint density at radius 1 is 1.08 bits per heavy atom. The number of aryl methyl sites for hydroxylation is 1. The maximum absolute atomic E-state index is 12.1. The molecule has 0 fully saturated rings. The third kappa shape index (κ3) is 4.26. The summed E-state index contributed by atoms with van der Waals surface area (Å²) in [5, 5.41) is 2.96. The Labute approximate surface area is 142 Å². The molecule has 1 amide bonds. The van der Waals surface area contributed by atoms with Crippen molar-refractivity contribution in [2.45, 2.75) is 20.0 Å². The number of fused-ring (bicyclic) bond motifs is 1. The van der Waals surface area contributed by atoms with Crippen molar-refractivity contribution in [3.8, 4) is 11.5 Å². The quantitative estimate of drug-likeness (QED) is 0.834. The van der Waals surface area contributed by atoms with Crippen LogP contribution in [-0.2, 0) is 17.9 Å². The van der Waals surface area contributed by atoms with Gasteiger partial charge in [0.2, 0.25) is 6.79 Å². The van der Waals surface area contributed by atoms with E-state index < -0.39 is 0 Å². The molecular formula is C19H23N2O3+. The fraction of sp³-hybridized carbons (Fsp3) is 0.316. The van der Waals surface area contributed by atoms with Gasteiger partial charge in [-0.2, -0.15) is 0 Å². The lowest BCUT2D eigenvalue weighted by Crippen LogP contribution is -3.08. The molecule has 1 heterocycles. The second-order valence-electron chi connectivity index (χ2n) is 6.26. The van der Waals surface area contributed by atoms with E-state index in [4.69, 9.17) is 9.47 Å². The van der Waals surface area contributed by atoms with Crippen molar-refractivity contribution >= 4 is 5.91 Å². The molecule has 3 rings (SSSR count). The van der Waals surface area contributed by atoms with E-state index in [0.717, 1.165) is 28.5 Å². The molecule has 0 spiro atoms. The van der Waals surface area contributed by atoms with Gasteiger partial charge < -0.3 is 19.7 Å². The molecule has 0 bridgehead atoms. The maximum atomic E-state index is 12.1. The van der Waals surface area contributed by atoms with E-state index in [1.807, 2.05) is 25.2 Å². The van der Waals surface area contributed by atoms with Crippen molar-refractivity contribution in [3.05, 3.63) is 59.2 Å². The van der Waals surface area contributed by atoms with Crippen LogP contribution >= 0.6 is 0 Å². The topological polar surface area (TPSA) is 52.0 Å². The van der Waals surface area contributed by atoms with E-state index in [-0.39, 0.29) is 12.7 Å². The summed E-state index contributed by atoms with van der Waals surface area (Å²) in [4.78, 5) is 13.3. The van der Waals surface area contributed by atoms with Gasteiger partial charge in [0.15, 0.2) is 18.0 Å². The number of carbonyl (C=O) groups excluding carboxylic acids is 1. The van der Waals surface area contributed by atoms with Gasteiger partial charge in [0, 0.05) is 12.1 Å². The summed E-state index contributed by atoms with van der Waals surface area (Å²) < 4.78 is 10.6. The van der Waals surface area contributed by atoms with Gasteiger partial charge in [-0.25, -0.2) is 0 Å². The fourth-order valence-electron chi connectivity index (χ4n) is 2.71. The van der Waals surface area contributed by atoms with Gasteiger partial charge in [0.25, 0.3) is 5.91 Å². The summed E-state index contributed by atoms with van der Waals surface area (Å²) in [6.45, 7) is 4.10. The number of hydrogen-bond acceptors (Lipinski definition) is 3. The van der Waals surface area contributed by atoms with Crippen LogP contribution in [0, 0.1) is 6.92 Å². The van der Waals surface area contributed by atoms with Crippen LogP contribution in [0.1, 0.15) is 16.7 Å². The van der Waals surface area contributed by atoms with Crippen molar-refractivity contribution in [1.82, 2.24) is 5.32 Å². The van der Waals surface area contributed by atoms with E-state index in [1.165, 1.54) is 11.1 Å². The highest BCUT2D eigenvalue weighted by atomic mass is 16.7. The minimum Gasteiger partial charge on any atom is -0.454 e. The first-order valence-electron chi connectivity index (χ1n) is 8.12. The lowest BCUT2D eigenvalue weighted by atomic mass is 10.1. The second kappa shape index (κ2) is 7.36. The number of carbonyl (C=O) groups is 1. The number of ether oxygens (including phenoxy) is 2. The highest BCUT2D eigenvalue weighted by Crippen LogP contribution is 2.32. The molecular weight excluding hydrogens is 304 g/mol. The molecule has 0 radical (unpaired) electrons. The average Bonchev–Trinajstić information content (AvgIpc) is 3.02. The predicted molar refractivity (Wildman–Crippen MR) is 91.0 cm³/mol. The third-order valence-corrected chi connectivity index (χ3v) is 4.02. The number of amides is 1. The zero-order chi connectivity index (χ0) is 16.9. The number of benzene rings is 2. The van der Waals surface area contributed by atoms with Crippen molar-refractivity contribution in [3.63, 3.8) is 0 Å². The zero-order valence-corrected chi connectivity index (χ0v) is 14.1. The van der Waals surface area contributed by atoms with Gasteiger partial charge >= 0.3 is 0 Å². The fourth-order valence-corrected chi connectivity index (χ4v) is 2.71. The van der Waals surface area contributed by atoms with Gasteiger partial charge in [0.1, 0.15) is 6.54 Å². The van der Waals surface area contributed by atoms with E-state index in [9.17, 15) is 4.79 Å². The molecule has 0 aliphatic carbocycles. The molecule has 1 aliphatic heterocycles. The summed E-state index contributed by atoms with van der Waals surface area (Å²) in [6, 6.07) is 14.2. The molecule has 0 saturated carbocycles. The second-order valence-corrected chi connectivity index (χ2v) is 6.26. The first-order chi connectivity index (χ1) is 11.6. The number of nitrogens with one attached hydrogen (secondary N) is 2. The number of likely N-dealkylation sites (N-methyl/N-ethyl adjacent to an activating group) is 1. The highest BCUT2D eigenvalue weighted by Gasteiger charge is 2.14. The van der Waals surface area contributed by atoms with E-state index in [0.29, 0.717) is 13.1 Å². The molecule has 1 unspecified atom stereocenters. The lowest BCUT2D eigenvalue weighted by Gasteiger charge is -2.14. The smallest absolute Gasteiger partial charge is 0.275 e. The molecule has 126 valence electrons. The first-order valence-corrected chi connectivity index (χ1v) is 8.12. The van der Waals surface area contributed by atoms with E-state index in [2.05, 4.69) is 36.5 Å². The van der Waals surface area contributed by atoms with Crippen LogP contribution in [0.4, 0.5) is 0 Å². The Balaban J connectivity index is 1.46. The Kier molecular flexibility index (Phi) is 5.01. The minimum atomic E-state index is 0.0391. The first kappa shape index (κ1) is 16.3. The molecule has 0 aromatic heterocycles. The van der Waals surface area contributed by atoms with Crippen molar-refractivity contribution < 1.29 is 19.2 Å². The normalized spacial score (nSPS) is 13.6. The lowest BCUT2D eigenvalue weighted by molar-refractivity contribution is -0.885. The molecule has 2 aromatic rings. The van der Waals surface area contributed by atoms with Gasteiger partial charge in [-0.15, -0.1) is 0 Å². The van der Waals surface area contributed by atoms with Crippen LogP contribution in [0.25, 0.3) is 0 Å². The Hall–Kier alpha value is -2.53.